The van der Waals surface area contributed by atoms with Crippen LogP contribution in [0.15, 0.2) is 24.3 Å². The molecule has 1 aromatic carbocycles. The molecular formula is C16H20O3. The Hall–Kier alpha value is -1.77. The van der Waals surface area contributed by atoms with Gasteiger partial charge in [-0.15, -0.1) is 0 Å². The summed E-state index contributed by atoms with van der Waals surface area (Å²) in [5, 5.41) is 9.03. The Bertz CT molecular complexity index is 501. The highest BCUT2D eigenvalue weighted by Crippen LogP contribution is 2.27. The van der Waals surface area contributed by atoms with Crippen molar-refractivity contribution in [3.63, 3.8) is 0 Å². The Labute approximate surface area is 113 Å². The lowest BCUT2D eigenvalue weighted by Crippen LogP contribution is -2.22. The van der Waals surface area contributed by atoms with Crippen LogP contribution in [0.4, 0.5) is 0 Å². The molecule has 0 unspecified atom stereocenters. The maximum Gasteiger partial charge on any atom is 0.309 e. The summed E-state index contributed by atoms with van der Waals surface area (Å²) in [6, 6.07) is 6.17. The first-order chi connectivity index (χ1) is 8.99. The number of benzene rings is 1. The summed E-state index contributed by atoms with van der Waals surface area (Å²) in [7, 11) is 0. The summed E-state index contributed by atoms with van der Waals surface area (Å²) in [6.45, 7) is 4.29. The summed E-state index contributed by atoms with van der Waals surface area (Å²) in [6.07, 6.45) is 6.49. The predicted molar refractivity (Wildman–Crippen MR) is 75.3 cm³/mol. The molecule has 0 spiro atoms. The molecule has 0 aliphatic carbocycles. The molecular weight excluding hydrogens is 240 g/mol. The van der Waals surface area contributed by atoms with Gasteiger partial charge in [0.25, 0.3) is 0 Å². The van der Waals surface area contributed by atoms with Gasteiger partial charge in [0.1, 0.15) is 5.75 Å². The third-order valence-corrected chi connectivity index (χ3v) is 3.54. The van der Waals surface area contributed by atoms with Crippen molar-refractivity contribution < 1.29 is 14.6 Å². The maximum absolute atomic E-state index is 11.0. The highest BCUT2D eigenvalue weighted by molar-refractivity contribution is 5.73. The number of hydrogen-bond donors (Lipinski definition) is 1. The summed E-state index contributed by atoms with van der Waals surface area (Å²) < 4.78 is 5.46. The molecule has 0 radical (unpaired) electrons. The van der Waals surface area contributed by atoms with Crippen LogP contribution in [0, 0.1) is 5.41 Å². The number of hydrogen-bond acceptors (Lipinski definition) is 2. The SMILES string of the molecule is CC(C)(CC/C=C/c1ccc2c(c1)CCO2)C(=O)O. The standard InChI is InChI=1S/C16H20O3/c1-16(2,15(17)18)9-4-3-5-12-6-7-14-13(11-12)8-10-19-14/h3,5-7,11H,4,8-10H2,1-2H3,(H,17,18)/b5-3+. The van der Waals surface area contributed by atoms with Crippen molar-refractivity contribution in [1.82, 2.24) is 0 Å². The molecule has 0 bridgehead atoms. The average molecular weight is 260 g/mol. The topological polar surface area (TPSA) is 46.5 Å². The lowest BCUT2D eigenvalue weighted by Gasteiger charge is -2.17. The third-order valence-electron chi connectivity index (χ3n) is 3.54. The van der Waals surface area contributed by atoms with Crippen molar-refractivity contribution >= 4 is 12.0 Å². The largest absolute Gasteiger partial charge is 0.493 e. The first kappa shape index (κ1) is 13.7. The third kappa shape index (κ3) is 3.37. The van der Waals surface area contributed by atoms with Gasteiger partial charge < -0.3 is 9.84 Å². The Morgan fingerprint density at radius 3 is 3.00 bits per heavy atom. The molecule has 0 fully saturated rings. The van der Waals surface area contributed by atoms with E-state index in [9.17, 15) is 4.79 Å². The molecule has 0 aromatic heterocycles. The second kappa shape index (κ2) is 5.47. The molecule has 1 heterocycles. The van der Waals surface area contributed by atoms with Gasteiger partial charge in [-0.1, -0.05) is 18.2 Å². The summed E-state index contributed by atoms with van der Waals surface area (Å²) in [5.74, 6) is 0.250. The van der Waals surface area contributed by atoms with Crippen LogP contribution >= 0.6 is 0 Å². The highest BCUT2D eigenvalue weighted by atomic mass is 16.5. The van der Waals surface area contributed by atoms with E-state index in [4.69, 9.17) is 9.84 Å². The molecule has 2 rings (SSSR count). The summed E-state index contributed by atoms with van der Waals surface area (Å²) in [4.78, 5) is 11.0. The van der Waals surface area contributed by atoms with Gasteiger partial charge in [0, 0.05) is 6.42 Å². The molecule has 0 saturated heterocycles. The second-order valence-electron chi connectivity index (χ2n) is 5.60. The molecule has 1 N–H and O–H groups in total. The van der Waals surface area contributed by atoms with Gasteiger partial charge in [-0.3, -0.25) is 4.79 Å². The Kier molecular flexibility index (Phi) is 3.93. The van der Waals surface area contributed by atoms with Crippen LogP contribution in [0.25, 0.3) is 6.08 Å². The number of fused-ring (bicyclic) bond motifs is 1. The van der Waals surface area contributed by atoms with Gasteiger partial charge in [0.2, 0.25) is 0 Å². The molecule has 19 heavy (non-hydrogen) atoms. The summed E-state index contributed by atoms with van der Waals surface area (Å²) in [5.41, 5.74) is 1.75. The van der Waals surface area contributed by atoms with Crippen molar-refractivity contribution in [2.75, 3.05) is 6.61 Å². The Morgan fingerprint density at radius 2 is 2.26 bits per heavy atom. The molecule has 1 aliphatic rings. The number of allylic oxidation sites excluding steroid dienone is 1. The minimum Gasteiger partial charge on any atom is -0.493 e. The van der Waals surface area contributed by atoms with Gasteiger partial charge in [0.05, 0.1) is 12.0 Å². The Balaban J connectivity index is 1.91. The molecule has 1 aliphatic heterocycles. The minimum absolute atomic E-state index is 0.646. The quantitative estimate of drug-likeness (QED) is 0.881. The van der Waals surface area contributed by atoms with E-state index in [0.717, 1.165) is 30.8 Å². The molecule has 102 valence electrons. The second-order valence-corrected chi connectivity index (χ2v) is 5.60. The number of carboxylic acid groups (broad SMARTS) is 1. The Morgan fingerprint density at radius 1 is 1.47 bits per heavy atom. The van der Waals surface area contributed by atoms with Crippen LogP contribution in [0.1, 0.15) is 37.8 Å². The van der Waals surface area contributed by atoms with E-state index in [2.05, 4.69) is 12.1 Å². The summed E-state index contributed by atoms with van der Waals surface area (Å²) >= 11 is 0. The zero-order valence-electron chi connectivity index (χ0n) is 11.5. The van der Waals surface area contributed by atoms with Crippen molar-refractivity contribution in [1.29, 1.82) is 0 Å². The number of carbonyl (C=O) groups is 1. The normalized spacial score (nSPS) is 14.4. The van der Waals surface area contributed by atoms with Crippen molar-refractivity contribution in [2.24, 2.45) is 5.41 Å². The van der Waals surface area contributed by atoms with E-state index in [1.807, 2.05) is 18.2 Å². The van der Waals surface area contributed by atoms with E-state index in [1.165, 1.54) is 5.56 Å². The fourth-order valence-electron chi connectivity index (χ4n) is 2.08. The van der Waals surface area contributed by atoms with Gasteiger partial charge in [-0.2, -0.15) is 0 Å². The molecule has 0 amide bonds. The number of aliphatic carboxylic acids is 1. The zero-order chi connectivity index (χ0) is 13.9. The number of carboxylic acids is 1. The van der Waals surface area contributed by atoms with E-state index < -0.39 is 11.4 Å². The fourth-order valence-corrected chi connectivity index (χ4v) is 2.08. The van der Waals surface area contributed by atoms with Crippen LogP contribution < -0.4 is 4.74 Å². The van der Waals surface area contributed by atoms with E-state index in [1.54, 1.807) is 13.8 Å². The van der Waals surface area contributed by atoms with E-state index >= 15 is 0 Å². The van der Waals surface area contributed by atoms with Crippen LogP contribution in [-0.2, 0) is 11.2 Å². The number of ether oxygens (including phenoxy) is 1. The van der Waals surface area contributed by atoms with E-state index in [-0.39, 0.29) is 0 Å². The predicted octanol–water partition coefficient (Wildman–Crippen LogP) is 3.53. The molecule has 3 heteroatoms. The van der Waals surface area contributed by atoms with Crippen LogP contribution in [-0.4, -0.2) is 17.7 Å². The molecule has 1 aromatic rings. The van der Waals surface area contributed by atoms with Crippen LogP contribution in [0.3, 0.4) is 0 Å². The van der Waals surface area contributed by atoms with Crippen molar-refractivity contribution in [2.45, 2.75) is 33.1 Å². The molecule has 3 nitrogen and oxygen atoms in total. The van der Waals surface area contributed by atoms with Crippen molar-refractivity contribution in [3.05, 3.63) is 35.4 Å². The smallest absolute Gasteiger partial charge is 0.309 e. The van der Waals surface area contributed by atoms with Gasteiger partial charge in [-0.05, 0) is 49.9 Å². The fraction of sp³-hybridized carbons (Fsp3) is 0.438. The highest BCUT2D eigenvalue weighted by Gasteiger charge is 2.25. The van der Waals surface area contributed by atoms with Crippen LogP contribution in [0.2, 0.25) is 0 Å². The molecule has 0 atom stereocenters. The average Bonchev–Trinajstić information content (AvgIpc) is 2.81. The van der Waals surface area contributed by atoms with Gasteiger partial charge >= 0.3 is 5.97 Å². The zero-order valence-corrected chi connectivity index (χ0v) is 11.5. The first-order valence-corrected chi connectivity index (χ1v) is 6.65. The van der Waals surface area contributed by atoms with E-state index in [0.29, 0.717) is 6.42 Å². The van der Waals surface area contributed by atoms with Crippen molar-refractivity contribution in [3.8, 4) is 5.75 Å². The number of rotatable bonds is 5. The maximum atomic E-state index is 11.0. The lowest BCUT2D eigenvalue weighted by molar-refractivity contribution is -0.147. The minimum atomic E-state index is -0.740. The van der Waals surface area contributed by atoms with Gasteiger partial charge in [-0.25, -0.2) is 0 Å². The van der Waals surface area contributed by atoms with Gasteiger partial charge in [0.15, 0.2) is 0 Å². The van der Waals surface area contributed by atoms with Crippen LogP contribution in [0.5, 0.6) is 5.75 Å². The molecule has 0 saturated carbocycles. The lowest BCUT2D eigenvalue weighted by atomic mass is 9.88. The monoisotopic (exact) mass is 260 g/mol. The first-order valence-electron chi connectivity index (χ1n) is 6.65.